The Morgan fingerprint density at radius 1 is 1.12 bits per heavy atom. The van der Waals surface area contributed by atoms with Gasteiger partial charge in [-0.3, -0.25) is 9.88 Å². The second kappa shape index (κ2) is 8.04. The van der Waals surface area contributed by atoms with Crippen LogP contribution in [0.5, 0.6) is 0 Å². The number of hydrogen-bond acceptors (Lipinski definition) is 5. The quantitative estimate of drug-likeness (QED) is 0.556. The highest BCUT2D eigenvalue weighted by molar-refractivity contribution is 7.90. The summed E-state index contributed by atoms with van der Waals surface area (Å²) in [4.78, 5) is 7.43. The summed E-state index contributed by atoms with van der Waals surface area (Å²) in [6.45, 7) is 7.53. The van der Waals surface area contributed by atoms with E-state index in [1.807, 2.05) is 18.2 Å². The maximum absolute atomic E-state index is 11.8. The van der Waals surface area contributed by atoms with Crippen molar-refractivity contribution in [3.05, 3.63) is 58.9 Å². The van der Waals surface area contributed by atoms with Gasteiger partial charge < -0.3 is 4.74 Å². The van der Waals surface area contributed by atoms with Gasteiger partial charge in [0.15, 0.2) is 9.84 Å². The molecule has 0 bridgehead atoms. The summed E-state index contributed by atoms with van der Waals surface area (Å²) < 4.78 is 29.8. The van der Waals surface area contributed by atoms with Crippen molar-refractivity contribution in [1.82, 2.24) is 9.88 Å². The second-order valence-corrected chi connectivity index (χ2v) is 13.5. The number of benzene rings is 1. The zero-order valence-electron chi connectivity index (χ0n) is 19.7. The summed E-state index contributed by atoms with van der Waals surface area (Å²) in [5.41, 5.74) is 2.68. The molecule has 2 aliphatic heterocycles. The Kier molecular flexibility index (Phi) is 5.67. The molecule has 2 atom stereocenters. The molecule has 0 amide bonds. The Labute approximate surface area is 202 Å². The Morgan fingerprint density at radius 3 is 2.36 bits per heavy atom. The molecule has 2 aromatic rings. The molecule has 3 aliphatic rings. The Hall–Kier alpha value is -1.47. The van der Waals surface area contributed by atoms with E-state index in [1.54, 1.807) is 6.07 Å². The molecular formula is C26H33ClN2O3S. The van der Waals surface area contributed by atoms with Crippen molar-refractivity contribution < 1.29 is 13.2 Å². The molecule has 0 spiro atoms. The van der Waals surface area contributed by atoms with E-state index >= 15 is 0 Å². The van der Waals surface area contributed by atoms with E-state index in [4.69, 9.17) is 16.3 Å². The van der Waals surface area contributed by atoms with Gasteiger partial charge in [-0.2, -0.15) is 0 Å². The molecule has 2 saturated heterocycles. The molecule has 5 nitrogen and oxygen atoms in total. The zero-order valence-corrected chi connectivity index (χ0v) is 21.3. The third kappa shape index (κ3) is 4.24. The first-order chi connectivity index (χ1) is 15.5. The summed E-state index contributed by atoms with van der Waals surface area (Å²) in [6, 6.07) is 11.9. The van der Waals surface area contributed by atoms with Crippen molar-refractivity contribution in [2.75, 3.05) is 26.0 Å². The van der Waals surface area contributed by atoms with Crippen molar-refractivity contribution in [3.63, 3.8) is 0 Å². The number of pyridine rings is 1. The molecule has 7 heteroatoms. The van der Waals surface area contributed by atoms with Crippen LogP contribution in [0.1, 0.15) is 50.8 Å². The minimum absolute atomic E-state index is 0.0704. The number of rotatable bonds is 7. The van der Waals surface area contributed by atoms with Gasteiger partial charge in [-0.15, -0.1) is 0 Å². The van der Waals surface area contributed by atoms with Crippen molar-refractivity contribution in [3.8, 4) is 0 Å². The molecule has 33 heavy (non-hydrogen) atoms. The molecule has 0 unspecified atom stereocenters. The Balaban J connectivity index is 1.36. The van der Waals surface area contributed by atoms with Crippen LogP contribution >= 0.6 is 11.6 Å². The summed E-state index contributed by atoms with van der Waals surface area (Å²) in [5.74, 6) is 0. The minimum atomic E-state index is -3.23. The fraction of sp³-hybridized carbons (Fsp3) is 0.577. The molecular weight excluding hydrogens is 456 g/mol. The van der Waals surface area contributed by atoms with Crippen LogP contribution < -0.4 is 0 Å². The second-order valence-electron chi connectivity index (χ2n) is 11.0. The molecule has 3 fully saturated rings. The van der Waals surface area contributed by atoms with Gasteiger partial charge in [-0.1, -0.05) is 37.6 Å². The lowest BCUT2D eigenvalue weighted by Gasteiger charge is -2.54. The number of aryl methyl sites for hydroxylation is 1. The number of hydrogen-bond donors (Lipinski definition) is 0. The lowest BCUT2D eigenvalue weighted by molar-refractivity contribution is -0.224. The number of nitrogens with zero attached hydrogens (tertiary/aromatic N) is 2. The number of sulfone groups is 1. The first-order valence-corrected chi connectivity index (χ1v) is 14.1. The van der Waals surface area contributed by atoms with Gasteiger partial charge in [-0.25, -0.2) is 8.42 Å². The van der Waals surface area contributed by atoms with Gasteiger partial charge in [0.05, 0.1) is 17.6 Å². The van der Waals surface area contributed by atoms with Crippen LogP contribution in [0.25, 0.3) is 0 Å². The van der Waals surface area contributed by atoms with Gasteiger partial charge in [-0.05, 0) is 68.5 Å². The first-order valence-electron chi connectivity index (χ1n) is 11.8. The van der Waals surface area contributed by atoms with E-state index in [2.05, 4.69) is 35.9 Å². The fourth-order valence-corrected chi connectivity index (χ4v) is 6.82. The molecule has 0 N–H and O–H groups in total. The smallest absolute Gasteiger partial charge is 0.177 e. The third-order valence-electron chi connectivity index (χ3n) is 8.09. The van der Waals surface area contributed by atoms with Gasteiger partial charge in [0.1, 0.15) is 0 Å². The molecule has 178 valence electrons. The molecule has 1 saturated carbocycles. The largest absolute Gasteiger partial charge is 0.376 e. The molecule has 1 aliphatic carbocycles. The van der Waals surface area contributed by atoms with E-state index in [9.17, 15) is 8.42 Å². The van der Waals surface area contributed by atoms with E-state index in [1.165, 1.54) is 30.9 Å². The van der Waals surface area contributed by atoms with Gasteiger partial charge >= 0.3 is 0 Å². The lowest BCUT2D eigenvalue weighted by atomic mass is 9.64. The summed E-state index contributed by atoms with van der Waals surface area (Å²) >= 11 is 6.15. The average Bonchev–Trinajstić information content (AvgIpc) is 3.46. The predicted octanol–water partition coefficient (Wildman–Crippen LogP) is 4.88. The molecule has 0 radical (unpaired) electrons. The van der Waals surface area contributed by atoms with Gasteiger partial charge in [0, 0.05) is 46.1 Å². The molecule has 1 aromatic carbocycles. The van der Waals surface area contributed by atoms with Crippen molar-refractivity contribution >= 4 is 21.4 Å². The molecule has 3 heterocycles. The monoisotopic (exact) mass is 488 g/mol. The van der Waals surface area contributed by atoms with Crippen LogP contribution in [0.3, 0.4) is 0 Å². The van der Waals surface area contributed by atoms with E-state index < -0.39 is 9.84 Å². The highest BCUT2D eigenvalue weighted by atomic mass is 35.5. The minimum Gasteiger partial charge on any atom is -0.376 e. The highest BCUT2D eigenvalue weighted by Crippen LogP contribution is 2.58. The molecule has 5 rings (SSSR count). The van der Waals surface area contributed by atoms with Gasteiger partial charge in [0.25, 0.3) is 0 Å². The normalized spacial score (nSPS) is 28.4. The van der Waals surface area contributed by atoms with Crippen LogP contribution in [0.4, 0.5) is 0 Å². The number of ether oxygens (including phenoxy) is 1. The zero-order chi connectivity index (χ0) is 23.5. The van der Waals surface area contributed by atoms with Gasteiger partial charge in [0.2, 0.25) is 0 Å². The number of aromatic nitrogens is 1. The maximum Gasteiger partial charge on any atom is 0.177 e. The summed E-state index contributed by atoms with van der Waals surface area (Å²) in [7, 11) is -3.23. The Bertz CT molecular complexity index is 1130. The van der Waals surface area contributed by atoms with Crippen LogP contribution in [0.15, 0.2) is 47.5 Å². The third-order valence-corrected chi connectivity index (χ3v) is 9.44. The topological polar surface area (TPSA) is 59.5 Å². The predicted molar refractivity (Wildman–Crippen MR) is 130 cm³/mol. The van der Waals surface area contributed by atoms with Crippen LogP contribution in [0.2, 0.25) is 5.02 Å². The number of halogens is 1. The SMILES string of the molecule is CC1(C)CO[C@@H]1[C@]1(CCc2ccc(S(C)(=O)=O)cn2)CCN(C2(c3ccc(Cl)cc3)CC2)C1. The first kappa shape index (κ1) is 23.3. The van der Waals surface area contributed by atoms with E-state index in [-0.39, 0.29) is 27.4 Å². The van der Waals surface area contributed by atoms with Crippen LogP contribution in [0, 0.1) is 10.8 Å². The van der Waals surface area contributed by atoms with Crippen LogP contribution in [-0.2, 0) is 26.5 Å². The number of likely N-dealkylation sites (tertiary alicyclic amines) is 1. The van der Waals surface area contributed by atoms with Crippen molar-refractivity contribution in [2.24, 2.45) is 10.8 Å². The van der Waals surface area contributed by atoms with Crippen molar-refractivity contribution in [1.29, 1.82) is 0 Å². The van der Waals surface area contributed by atoms with Crippen LogP contribution in [-0.4, -0.2) is 50.4 Å². The fourth-order valence-electron chi connectivity index (χ4n) is 6.14. The molecule has 1 aromatic heterocycles. The summed E-state index contributed by atoms with van der Waals surface area (Å²) in [5, 5.41) is 0.782. The van der Waals surface area contributed by atoms with E-state index in [0.29, 0.717) is 0 Å². The highest BCUT2D eigenvalue weighted by Gasteiger charge is 2.60. The van der Waals surface area contributed by atoms with Crippen molar-refractivity contribution in [2.45, 2.75) is 62.5 Å². The lowest BCUT2D eigenvalue weighted by Crippen LogP contribution is -2.58. The average molecular weight is 489 g/mol. The standard InChI is InChI=1S/C26H33ClN2O3S/c1-24(2)18-32-23(24)25(11-10-21-8-9-22(16-28-21)33(3,30)31)14-15-29(17-25)26(12-13-26)19-4-6-20(27)7-5-19/h4-9,16,23H,10-15,17-18H2,1-3H3/t23-,25+/m0/s1. The summed E-state index contributed by atoms with van der Waals surface area (Å²) in [6.07, 6.45) is 8.23. The Morgan fingerprint density at radius 2 is 1.85 bits per heavy atom. The van der Waals surface area contributed by atoms with E-state index in [0.717, 1.165) is 49.7 Å². The maximum atomic E-state index is 11.8.